The zero-order valence-corrected chi connectivity index (χ0v) is 14.7. The summed E-state index contributed by atoms with van der Waals surface area (Å²) < 4.78 is 0. The van der Waals surface area contributed by atoms with Crippen LogP contribution in [-0.2, 0) is 0 Å². The summed E-state index contributed by atoms with van der Waals surface area (Å²) in [5.74, 6) is 0.708. The van der Waals surface area contributed by atoms with Crippen molar-refractivity contribution < 1.29 is 4.79 Å². The molecule has 1 fully saturated rings. The Hall–Kier alpha value is -1.60. The van der Waals surface area contributed by atoms with Gasteiger partial charge in [0.1, 0.15) is 0 Å². The lowest BCUT2D eigenvalue weighted by atomic mass is 10.1. The lowest BCUT2D eigenvalue weighted by molar-refractivity contribution is 0.0926. The van der Waals surface area contributed by atoms with Gasteiger partial charge in [-0.05, 0) is 25.3 Å². The van der Waals surface area contributed by atoms with Crippen LogP contribution in [0.5, 0.6) is 0 Å². The number of nitrogens with one attached hydrogen (secondary N) is 2. The van der Waals surface area contributed by atoms with Crippen molar-refractivity contribution in [3.05, 3.63) is 10.8 Å². The van der Waals surface area contributed by atoms with Gasteiger partial charge in [-0.15, -0.1) is 0 Å². The first kappa shape index (κ1) is 17.7. The molecule has 1 aromatic rings. The van der Waals surface area contributed by atoms with E-state index < -0.39 is 0 Å². The van der Waals surface area contributed by atoms with Crippen LogP contribution in [0.4, 0.5) is 11.6 Å². The number of halogens is 1. The Morgan fingerprint density at radius 1 is 1.52 bits per heavy atom. The van der Waals surface area contributed by atoms with Gasteiger partial charge in [0, 0.05) is 26.2 Å². The molecule has 0 saturated carbocycles. The molecule has 0 spiro atoms. The maximum Gasteiger partial charge on any atom is 0.274 e. The largest absolute Gasteiger partial charge is 0.382 e. The number of carbonyl (C=O) groups is 1. The van der Waals surface area contributed by atoms with E-state index in [1.807, 2.05) is 11.9 Å². The minimum Gasteiger partial charge on any atom is -0.382 e. The van der Waals surface area contributed by atoms with E-state index in [-0.39, 0.29) is 28.6 Å². The van der Waals surface area contributed by atoms with Gasteiger partial charge < -0.3 is 21.3 Å². The number of amides is 1. The maximum atomic E-state index is 12.4. The fourth-order valence-corrected chi connectivity index (χ4v) is 2.96. The number of carbonyl (C=O) groups excluding carboxylic acids is 1. The van der Waals surface area contributed by atoms with Crippen LogP contribution in [0.1, 0.15) is 37.2 Å². The molecule has 1 aliphatic rings. The quantitative estimate of drug-likeness (QED) is 0.747. The van der Waals surface area contributed by atoms with Crippen molar-refractivity contribution in [2.45, 2.75) is 32.7 Å². The molecule has 0 aliphatic carbocycles. The highest BCUT2D eigenvalue weighted by atomic mass is 35.5. The van der Waals surface area contributed by atoms with E-state index in [0.29, 0.717) is 11.7 Å². The first-order valence-corrected chi connectivity index (χ1v) is 8.32. The molecule has 1 saturated heterocycles. The van der Waals surface area contributed by atoms with Crippen LogP contribution in [0.25, 0.3) is 0 Å². The van der Waals surface area contributed by atoms with Gasteiger partial charge in [0.25, 0.3) is 5.91 Å². The van der Waals surface area contributed by atoms with Crippen molar-refractivity contribution in [1.29, 1.82) is 0 Å². The molecule has 1 aliphatic heterocycles. The summed E-state index contributed by atoms with van der Waals surface area (Å²) in [7, 11) is 1.88. The summed E-state index contributed by atoms with van der Waals surface area (Å²) in [5.41, 5.74) is 6.01. The Bertz CT molecular complexity index is 559. The van der Waals surface area contributed by atoms with Gasteiger partial charge in [-0.1, -0.05) is 25.4 Å². The summed E-state index contributed by atoms with van der Waals surface area (Å²) >= 11 is 6.20. The van der Waals surface area contributed by atoms with Gasteiger partial charge in [-0.2, -0.15) is 0 Å². The number of rotatable bonds is 5. The first-order valence-electron chi connectivity index (χ1n) is 7.94. The summed E-state index contributed by atoms with van der Waals surface area (Å²) in [4.78, 5) is 22.7. The number of nitrogens with two attached hydrogens (primary N) is 1. The minimum absolute atomic E-state index is 0.0829. The number of piperidine rings is 1. The lowest BCUT2D eigenvalue weighted by Crippen LogP contribution is -2.46. The molecule has 4 N–H and O–H groups in total. The zero-order chi connectivity index (χ0) is 17.0. The lowest BCUT2D eigenvalue weighted by Gasteiger charge is -2.24. The topological polar surface area (TPSA) is 96.2 Å². The summed E-state index contributed by atoms with van der Waals surface area (Å²) in [6.07, 6.45) is 1.97. The number of nitrogen functional groups attached to an aromatic ring is 1. The molecule has 23 heavy (non-hydrogen) atoms. The third kappa shape index (κ3) is 4.68. The van der Waals surface area contributed by atoms with Gasteiger partial charge in [-0.25, -0.2) is 9.97 Å². The van der Waals surface area contributed by atoms with Crippen LogP contribution >= 0.6 is 11.6 Å². The number of nitrogens with zero attached hydrogens (tertiary/aromatic N) is 3. The minimum atomic E-state index is -0.330. The van der Waals surface area contributed by atoms with Crippen molar-refractivity contribution in [1.82, 2.24) is 20.6 Å². The van der Waals surface area contributed by atoms with Gasteiger partial charge in [0.05, 0.1) is 0 Å². The van der Waals surface area contributed by atoms with Crippen LogP contribution in [0.15, 0.2) is 0 Å². The Labute approximate surface area is 142 Å². The van der Waals surface area contributed by atoms with Crippen molar-refractivity contribution >= 4 is 29.1 Å². The number of anilines is 2. The molecule has 128 valence electrons. The monoisotopic (exact) mass is 340 g/mol. The average Bonchev–Trinajstić information content (AvgIpc) is 2.49. The molecular weight excluding hydrogens is 316 g/mol. The van der Waals surface area contributed by atoms with Gasteiger partial charge in [0.2, 0.25) is 0 Å². The van der Waals surface area contributed by atoms with Crippen LogP contribution < -0.4 is 21.3 Å². The van der Waals surface area contributed by atoms with Crippen molar-refractivity contribution in [3.63, 3.8) is 0 Å². The second-order valence-electron chi connectivity index (χ2n) is 6.36. The molecule has 2 heterocycles. The fraction of sp³-hybridized carbons (Fsp3) is 0.667. The Balaban J connectivity index is 2.13. The van der Waals surface area contributed by atoms with E-state index in [4.69, 9.17) is 17.3 Å². The second-order valence-corrected chi connectivity index (χ2v) is 6.72. The van der Waals surface area contributed by atoms with E-state index in [0.717, 1.165) is 32.5 Å². The third-order valence-electron chi connectivity index (χ3n) is 3.71. The Morgan fingerprint density at radius 2 is 2.26 bits per heavy atom. The molecule has 1 unspecified atom stereocenters. The van der Waals surface area contributed by atoms with Crippen LogP contribution in [0.2, 0.25) is 5.15 Å². The predicted octanol–water partition coefficient (Wildman–Crippen LogP) is 1.29. The van der Waals surface area contributed by atoms with Gasteiger partial charge in [-0.3, -0.25) is 4.79 Å². The van der Waals surface area contributed by atoms with E-state index in [9.17, 15) is 4.79 Å². The van der Waals surface area contributed by atoms with Crippen molar-refractivity contribution in [3.8, 4) is 0 Å². The fourth-order valence-electron chi connectivity index (χ4n) is 2.69. The molecule has 1 amide bonds. The highest BCUT2D eigenvalue weighted by molar-refractivity contribution is 6.32. The maximum absolute atomic E-state index is 12.4. The summed E-state index contributed by atoms with van der Waals surface area (Å²) in [5, 5.41) is 6.36. The molecule has 1 aromatic heterocycles. The Kier molecular flexibility index (Phi) is 6.01. The van der Waals surface area contributed by atoms with Gasteiger partial charge in [0.15, 0.2) is 22.5 Å². The highest BCUT2D eigenvalue weighted by Crippen LogP contribution is 2.24. The zero-order valence-electron chi connectivity index (χ0n) is 13.9. The van der Waals surface area contributed by atoms with Crippen LogP contribution in [-0.4, -0.2) is 48.6 Å². The van der Waals surface area contributed by atoms with Crippen molar-refractivity contribution in [2.75, 3.05) is 37.3 Å². The van der Waals surface area contributed by atoms with Crippen LogP contribution in [0, 0.1) is 5.92 Å². The van der Waals surface area contributed by atoms with Crippen molar-refractivity contribution in [2.24, 2.45) is 5.92 Å². The van der Waals surface area contributed by atoms with Crippen LogP contribution in [0.3, 0.4) is 0 Å². The number of hydrogen-bond acceptors (Lipinski definition) is 6. The normalized spacial score (nSPS) is 18.0. The summed E-state index contributed by atoms with van der Waals surface area (Å²) in [6.45, 7) is 6.70. The molecule has 1 atom stereocenters. The van der Waals surface area contributed by atoms with E-state index in [1.54, 1.807) is 0 Å². The van der Waals surface area contributed by atoms with E-state index in [1.165, 1.54) is 0 Å². The second kappa shape index (κ2) is 7.79. The SMILES string of the molecule is CC(C)CN(C)c1nc(N)c(C(=O)NC2CCCNC2)nc1Cl. The molecule has 7 nitrogen and oxygen atoms in total. The predicted molar refractivity (Wildman–Crippen MR) is 92.9 cm³/mol. The molecular formula is C15H25ClN6O. The smallest absolute Gasteiger partial charge is 0.274 e. The molecule has 2 rings (SSSR count). The molecule has 0 aromatic carbocycles. The molecule has 0 bridgehead atoms. The standard InChI is InChI=1S/C15H25ClN6O/c1-9(2)8-22(3)14-12(16)20-11(13(17)21-14)15(23)19-10-5-4-6-18-7-10/h9-10,18H,4-8H2,1-3H3,(H2,17,21)(H,19,23). The molecule has 8 heteroatoms. The first-order chi connectivity index (χ1) is 10.9. The average molecular weight is 341 g/mol. The van der Waals surface area contributed by atoms with E-state index in [2.05, 4.69) is 34.4 Å². The van der Waals surface area contributed by atoms with Gasteiger partial charge >= 0.3 is 0 Å². The highest BCUT2D eigenvalue weighted by Gasteiger charge is 2.22. The Morgan fingerprint density at radius 3 is 2.87 bits per heavy atom. The number of hydrogen-bond donors (Lipinski definition) is 3. The molecule has 0 radical (unpaired) electrons. The summed E-state index contributed by atoms with van der Waals surface area (Å²) in [6, 6.07) is 0.0829. The van der Waals surface area contributed by atoms with E-state index >= 15 is 0 Å². The third-order valence-corrected chi connectivity index (χ3v) is 3.96. The number of aromatic nitrogens is 2.